The predicted molar refractivity (Wildman–Crippen MR) is 111 cm³/mol. The molecule has 2 rings (SSSR count). The quantitative estimate of drug-likeness (QED) is 0.222. The molecule has 0 aromatic heterocycles. The SMILES string of the molecule is Cc1ccc(CCNC(=O)[C@H](CCc2ccccc2)NC(=O)[C@H](O)C(=O)NO)cc1. The lowest BCUT2D eigenvalue weighted by Crippen LogP contribution is -2.53. The Hall–Kier alpha value is -3.23. The Bertz CT molecular complexity index is 840. The van der Waals surface area contributed by atoms with Crippen LogP contribution in [0.2, 0.25) is 0 Å². The van der Waals surface area contributed by atoms with E-state index < -0.39 is 29.9 Å². The molecule has 2 aromatic carbocycles. The Morgan fingerprint density at radius 2 is 1.50 bits per heavy atom. The van der Waals surface area contributed by atoms with E-state index in [4.69, 9.17) is 5.21 Å². The van der Waals surface area contributed by atoms with Crippen molar-refractivity contribution >= 4 is 17.7 Å². The third-order valence-corrected chi connectivity index (χ3v) is 4.64. The van der Waals surface area contributed by atoms with Crippen LogP contribution in [0.15, 0.2) is 54.6 Å². The average Bonchev–Trinajstić information content (AvgIpc) is 2.77. The Balaban J connectivity index is 1.97. The van der Waals surface area contributed by atoms with Crippen molar-refractivity contribution in [3.8, 4) is 0 Å². The molecule has 8 heteroatoms. The summed E-state index contributed by atoms with van der Waals surface area (Å²) in [6.07, 6.45) is -0.700. The van der Waals surface area contributed by atoms with Crippen LogP contribution in [-0.4, -0.2) is 46.7 Å². The van der Waals surface area contributed by atoms with Crippen LogP contribution >= 0.6 is 0 Å². The van der Waals surface area contributed by atoms with Crippen molar-refractivity contribution in [1.29, 1.82) is 0 Å². The van der Waals surface area contributed by atoms with Gasteiger partial charge in [-0.15, -0.1) is 0 Å². The highest BCUT2D eigenvalue weighted by Gasteiger charge is 2.28. The minimum atomic E-state index is -2.12. The van der Waals surface area contributed by atoms with Crippen molar-refractivity contribution in [3.05, 3.63) is 71.3 Å². The van der Waals surface area contributed by atoms with E-state index in [9.17, 15) is 19.5 Å². The van der Waals surface area contributed by atoms with Crippen molar-refractivity contribution < 1.29 is 24.7 Å². The van der Waals surface area contributed by atoms with Crippen molar-refractivity contribution in [2.75, 3.05) is 6.54 Å². The predicted octanol–water partition coefficient (Wildman–Crippen LogP) is 0.638. The lowest BCUT2D eigenvalue weighted by atomic mass is 10.0. The zero-order chi connectivity index (χ0) is 21.9. The van der Waals surface area contributed by atoms with Gasteiger partial charge in [0.1, 0.15) is 6.04 Å². The highest BCUT2D eigenvalue weighted by atomic mass is 16.5. The molecule has 0 saturated heterocycles. The molecule has 0 fully saturated rings. The van der Waals surface area contributed by atoms with E-state index in [1.165, 1.54) is 5.48 Å². The van der Waals surface area contributed by atoms with Crippen LogP contribution in [0.5, 0.6) is 0 Å². The van der Waals surface area contributed by atoms with Crippen LogP contribution in [-0.2, 0) is 27.2 Å². The maximum absolute atomic E-state index is 12.6. The summed E-state index contributed by atoms with van der Waals surface area (Å²) < 4.78 is 0. The third-order valence-electron chi connectivity index (χ3n) is 4.64. The van der Waals surface area contributed by atoms with E-state index >= 15 is 0 Å². The van der Waals surface area contributed by atoms with E-state index in [0.717, 1.165) is 16.7 Å². The lowest BCUT2D eigenvalue weighted by Gasteiger charge is -2.20. The number of carbonyl (C=O) groups excluding carboxylic acids is 3. The summed E-state index contributed by atoms with van der Waals surface area (Å²) in [6, 6.07) is 16.5. The molecule has 160 valence electrons. The first-order valence-corrected chi connectivity index (χ1v) is 9.70. The van der Waals surface area contributed by atoms with Gasteiger partial charge in [-0.05, 0) is 37.3 Å². The summed E-state index contributed by atoms with van der Waals surface area (Å²) in [5, 5.41) is 23.4. The monoisotopic (exact) mass is 413 g/mol. The van der Waals surface area contributed by atoms with Crippen LogP contribution in [0.25, 0.3) is 0 Å². The van der Waals surface area contributed by atoms with Crippen LogP contribution in [0, 0.1) is 6.92 Å². The molecule has 0 radical (unpaired) electrons. The second-order valence-corrected chi connectivity index (χ2v) is 6.99. The number of carbonyl (C=O) groups is 3. The number of aryl methyl sites for hydroxylation is 2. The topological polar surface area (TPSA) is 128 Å². The number of hydroxylamine groups is 1. The number of hydrogen-bond donors (Lipinski definition) is 5. The molecule has 0 bridgehead atoms. The molecule has 0 unspecified atom stereocenters. The number of aliphatic hydroxyl groups is 1. The summed E-state index contributed by atoms with van der Waals surface area (Å²) in [5.41, 5.74) is 4.42. The molecule has 5 N–H and O–H groups in total. The number of aliphatic hydroxyl groups excluding tert-OH is 1. The summed E-state index contributed by atoms with van der Waals surface area (Å²) in [4.78, 5) is 36.0. The highest BCUT2D eigenvalue weighted by Crippen LogP contribution is 2.07. The molecule has 3 amide bonds. The maximum Gasteiger partial charge on any atom is 0.281 e. The fourth-order valence-electron chi connectivity index (χ4n) is 2.86. The van der Waals surface area contributed by atoms with Crippen LogP contribution in [0.1, 0.15) is 23.1 Å². The zero-order valence-electron chi connectivity index (χ0n) is 16.8. The molecule has 0 heterocycles. The second-order valence-electron chi connectivity index (χ2n) is 6.99. The Labute approximate surface area is 175 Å². The maximum atomic E-state index is 12.6. The van der Waals surface area contributed by atoms with Gasteiger partial charge in [-0.2, -0.15) is 0 Å². The molecule has 0 aliphatic carbocycles. The number of rotatable bonds is 10. The smallest absolute Gasteiger partial charge is 0.281 e. The van der Waals surface area contributed by atoms with E-state index in [-0.39, 0.29) is 6.42 Å². The van der Waals surface area contributed by atoms with E-state index in [1.807, 2.05) is 61.5 Å². The molecule has 0 saturated carbocycles. The van der Waals surface area contributed by atoms with Crippen LogP contribution in [0.4, 0.5) is 0 Å². The number of benzene rings is 2. The van der Waals surface area contributed by atoms with Gasteiger partial charge in [-0.1, -0.05) is 60.2 Å². The second kappa shape index (κ2) is 11.7. The van der Waals surface area contributed by atoms with Crippen LogP contribution < -0.4 is 16.1 Å². The Morgan fingerprint density at radius 1 is 0.867 bits per heavy atom. The minimum Gasteiger partial charge on any atom is -0.375 e. The van der Waals surface area contributed by atoms with Crippen molar-refractivity contribution in [3.63, 3.8) is 0 Å². The Kier molecular flexibility index (Phi) is 8.99. The number of nitrogens with one attached hydrogen (secondary N) is 3. The van der Waals surface area contributed by atoms with Gasteiger partial charge in [-0.3, -0.25) is 19.6 Å². The average molecular weight is 413 g/mol. The van der Waals surface area contributed by atoms with Gasteiger partial charge >= 0.3 is 0 Å². The Morgan fingerprint density at radius 3 is 2.13 bits per heavy atom. The lowest BCUT2D eigenvalue weighted by molar-refractivity contribution is -0.147. The van der Waals surface area contributed by atoms with E-state index in [2.05, 4.69) is 10.6 Å². The fraction of sp³-hybridized carbons (Fsp3) is 0.318. The normalized spacial score (nSPS) is 12.5. The largest absolute Gasteiger partial charge is 0.375 e. The third kappa shape index (κ3) is 7.31. The summed E-state index contributed by atoms with van der Waals surface area (Å²) in [5.74, 6) is -2.75. The van der Waals surface area contributed by atoms with Crippen molar-refractivity contribution in [2.45, 2.75) is 38.3 Å². The fourth-order valence-corrected chi connectivity index (χ4v) is 2.86. The summed E-state index contributed by atoms with van der Waals surface area (Å²) >= 11 is 0. The van der Waals surface area contributed by atoms with E-state index in [1.54, 1.807) is 0 Å². The standard InChI is InChI=1S/C22H27N3O5/c1-15-7-9-17(10-8-15)13-14-23-20(27)18(12-11-16-5-3-2-4-6-16)24-21(28)19(26)22(29)25-30/h2-10,18-19,26,30H,11-14H2,1H3,(H,23,27)(H,24,28)(H,25,29)/t18-,19-/m0/s1. The molecule has 2 aromatic rings. The van der Waals surface area contributed by atoms with Crippen LogP contribution in [0.3, 0.4) is 0 Å². The minimum absolute atomic E-state index is 0.277. The first kappa shape index (κ1) is 23.1. The first-order chi connectivity index (χ1) is 14.4. The van der Waals surface area contributed by atoms with Gasteiger partial charge in [0.05, 0.1) is 0 Å². The number of amides is 3. The zero-order valence-corrected chi connectivity index (χ0v) is 16.8. The molecule has 0 aliphatic rings. The van der Waals surface area contributed by atoms with Gasteiger partial charge in [0.2, 0.25) is 12.0 Å². The van der Waals surface area contributed by atoms with Crippen molar-refractivity contribution in [1.82, 2.24) is 16.1 Å². The molecule has 30 heavy (non-hydrogen) atoms. The number of hydrogen-bond acceptors (Lipinski definition) is 5. The van der Waals surface area contributed by atoms with Gasteiger partial charge < -0.3 is 15.7 Å². The van der Waals surface area contributed by atoms with Gasteiger partial charge in [0.15, 0.2) is 0 Å². The van der Waals surface area contributed by atoms with Gasteiger partial charge in [0.25, 0.3) is 11.8 Å². The molecule has 2 atom stereocenters. The molecular weight excluding hydrogens is 386 g/mol. The van der Waals surface area contributed by atoms with Crippen molar-refractivity contribution in [2.24, 2.45) is 0 Å². The van der Waals surface area contributed by atoms with Gasteiger partial charge in [0, 0.05) is 6.54 Å². The molecule has 8 nitrogen and oxygen atoms in total. The highest BCUT2D eigenvalue weighted by molar-refractivity contribution is 6.03. The molecule has 0 aliphatic heterocycles. The molecule has 0 spiro atoms. The summed E-state index contributed by atoms with van der Waals surface area (Å²) in [6.45, 7) is 2.37. The van der Waals surface area contributed by atoms with E-state index in [0.29, 0.717) is 19.4 Å². The first-order valence-electron chi connectivity index (χ1n) is 9.70. The van der Waals surface area contributed by atoms with Gasteiger partial charge in [-0.25, -0.2) is 5.48 Å². The molecular formula is C22H27N3O5. The summed E-state index contributed by atoms with van der Waals surface area (Å²) in [7, 11) is 0.